The van der Waals surface area contributed by atoms with E-state index in [0.717, 1.165) is 0 Å². The first kappa shape index (κ1) is 11.2. The molecule has 2 rings (SSSR count). The second-order valence-corrected chi connectivity index (χ2v) is 5.46. The van der Waals surface area contributed by atoms with E-state index in [1.165, 1.54) is 0 Å². The number of hydrogen-bond acceptors (Lipinski definition) is 1. The van der Waals surface area contributed by atoms with Gasteiger partial charge in [-0.05, 0) is 12.1 Å². The number of alkyl halides is 1. The molecule has 15 heavy (non-hydrogen) atoms. The molecule has 1 heterocycles. The first-order valence-electron chi connectivity index (χ1n) is 4.48. The number of benzene rings is 1. The lowest BCUT2D eigenvalue weighted by Gasteiger charge is -2.17. The molecular formula is C10H8BrCl2NO. The molecule has 1 aromatic carbocycles. The van der Waals surface area contributed by atoms with E-state index in [9.17, 15) is 4.79 Å². The Morgan fingerprint density at radius 3 is 2.73 bits per heavy atom. The van der Waals surface area contributed by atoms with Crippen molar-refractivity contribution in [3.8, 4) is 0 Å². The van der Waals surface area contributed by atoms with E-state index in [2.05, 4.69) is 15.9 Å². The second-order valence-electron chi connectivity index (χ2n) is 3.38. The molecule has 2 nitrogen and oxygen atoms in total. The van der Waals surface area contributed by atoms with Gasteiger partial charge in [-0.3, -0.25) is 4.79 Å². The fraction of sp³-hybridized carbons (Fsp3) is 0.300. The Morgan fingerprint density at radius 2 is 2.13 bits per heavy atom. The van der Waals surface area contributed by atoms with Gasteiger partial charge in [-0.1, -0.05) is 45.2 Å². The maximum Gasteiger partial charge on any atom is 0.228 e. The third kappa shape index (κ3) is 2.14. The molecule has 1 amide bonds. The van der Waals surface area contributed by atoms with E-state index >= 15 is 0 Å². The molecule has 80 valence electrons. The van der Waals surface area contributed by atoms with Crippen LogP contribution < -0.4 is 4.90 Å². The van der Waals surface area contributed by atoms with Crippen LogP contribution in [0.25, 0.3) is 0 Å². The van der Waals surface area contributed by atoms with E-state index < -0.39 is 0 Å². The summed E-state index contributed by atoms with van der Waals surface area (Å²) in [7, 11) is 0. The maximum absolute atomic E-state index is 11.6. The fourth-order valence-corrected chi connectivity index (χ4v) is 2.56. The van der Waals surface area contributed by atoms with E-state index in [-0.39, 0.29) is 10.7 Å². The molecule has 0 aromatic heterocycles. The summed E-state index contributed by atoms with van der Waals surface area (Å²) < 4.78 is 0. The summed E-state index contributed by atoms with van der Waals surface area (Å²) in [6.45, 7) is 0.638. The van der Waals surface area contributed by atoms with Crippen LogP contribution in [0.2, 0.25) is 10.0 Å². The maximum atomic E-state index is 11.6. The molecule has 0 N–H and O–H groups in total. The van der Waals surface area contributed by atoms with Crippen LogP contribution in [0.3, 0.4) is 0 Å². The Morgan fingerprint density at radius 1 is 1.40 bits per heavy atom. The molecule has 1 aliphatic heterocycles. The highest BCUT2D eigenvalue weighted by molar-refractivity contribution is 9.09. The Bertz CT molecular complexity index is 410. The molecule has 5 heteroatoms. The molecule has 1 fully saturated rings. The predicted molar refractivity (Wildman–Crippen MR) is 66.1 cm³/mol. The monoisotopic (exact) mass is 307 g/mol. The van der Waals surface area contributed by atoms with Gasteiger partial charge in [-0.2, -0.15) is 0 Å². The molecule has 0 bridgehead atoms. The first-order chi connectivity index (χ1) is 7.09. The highest BCUT2D eigenvalue weighted by Crippen LogP contribution is 2.35. The average Bonchev–Trinajstić information content (AvgIpc) is 2.50. The predicted octanol–water partition coefficient (Wildman–Crippen LogP) is 3.49. The molecule has 1 aromatic rings. The van der Waals surface area contributed by atoms with Crippen LogP contribution in [0.5, 0.6) is 0 Å². The minimum atomic E-state index is 0.0704. The zero-order chi connectivity index (χ0) is 11.0. The van der Waals surface area contributed by atoms with Gasteiger partial charge in [0, 0.05) is 17.8 Å². The average molecular weight is 309 g/mol. The summed E-state index contributed by atoms with van der Waals surface area (Å²) in [5.74, 6) is 0.0704. The van der Waals surface area contributed by atoms with Crippen LogP contribution >= 0.6 is 39.1 Å². The van der Waals surface area contributed by atoms with Gasteiger partial charge < -0.3 is 4.90 Å². The van der Waals surface area contributed by atoms with Crippen molar-refractivity contribution in [1.29, 1.82) is 0 Å². The van der Waals surface area contributed by atoms with Crippen LogP contribution in [-0.4, -0.2) is 17.3 Å². The van der Waals surface area contributed by atoms with Crippen molar-refractivity contribution < 1.29 is 4.79 Å². The summed E-state index contributed by atoms with van der Waals surface area (Å²) in [5, 5.41) is 0.911. The second kappa shape index (κ2) is 4.32. The zero-order valence-corrected chi connectivity index (χ0v) is 10.8. The van der Waals surface area contributed by atoms with Crippen molar-refractivity contribution in [2.75, 3.05) is 11.4 Å². The lowest BCUT2D eigenvalue weighted by Crippen LogP contribution is -2.24. The number of halogens is 3. The minimum absolute atomic E-state index is 0.0704. The summed E-state index contributed by atoms with van der Waals surface area (Å²) in [6.07, 6.45) is 0.503. The molecule has 0 saturated carbocycles. The highest BCUT2D eigenvalue weighted by atomic mass is 79.9. The van der Waals surface area contributed by atoms with Gasteiger partial charge in [-0.25, -0.2) is 0 Å². The van der Waals surface area contributed by atoms with Crippen molar-refractivity contribution in [2.24, 2.45) is 0 Å². The Kier molecular flexibility index (Phi) is 3.24. The highest BCUT2D eigenvalue weighted by Gasteiger charge is 2.30. The van der Waals surface area contributed by atoms with Crippen molar-refractivity contribution in [3.05, 3.63) is 28.2 Å². The van der Waals surface area contributed by atoms with Gasteiger partial charge in [0.05, 0.1) is 15.7 Å². The SMILES string of the molecule is O=C1CC(Br)CN1c1cccc(Cl)c1Cl. The summed E-state index contributed by atoms with van der Waals surface area (Å²) in [4.78, 5) is 13.5. The number of carbonyl (C=O) groups is 1. The topological polar surface area (TPSA) is 20.3 Å². The quantitative estimate of drug-likeness (QED) is 0.727. The number of nitrogens with zero attached hydrogens (tertiary/aromatic N) is 1. The number of anilines is 1. The molecule has 0 aliphatic carbocycles. The Hall–Kier alpha value is -0.250. The summed E-state index contributed by atoms with van der Waals surface area (Å²) >= 11 is 15.4. The molecule has 1 saturated heterocycles. The van der Waals surface area contributed by atoms with Crippen LogP contribution in [0.4, 0.5) is 5.69 Å². The number of rotatable bonds is 1. The van der Waals surface area contributed by atoms with E-state index in [1.54, 1.807) is 23.1 Å². The molecular weight excluding hydrogens is 301 g/mol. The van der Waals surface area contributed by atoms with Gasteiger partial charge in [0.2, 0.25) is 5.91 Å². The lowest BCUT2D eigenvalue weighted by atomic mass is 10.3. The van der Waals surface area contributed by atoms with Gasteiger partial charge in [-0.15, -0.1) is 0 Å². The van der Waals surface area contributed by atoms with Gasteiger partial charge >= 0.3 is 0 Å². The Balaban J connectivity index is 2.38. The number of amides is 1. The van der Waals surface area contributed by atoms with Crippen LogP contribution in [0.15, 0.2) is 18.2 Å². The molecule has 1 atom stereocenters. The summed E-state index contributed by atoms with van der Waals surface area (Å²) in [6, 6.07) is 5.30. The Labute approximate surface area is 106 Å². The normalized spacial score (nSPS) is 21.1. The van der Waals surface area contributed by atoms with Crippen molar-refractivity contribution >= 4 is 50.7 Å². The summed E-state index contributed by atoms with van der Waals surface area (Å²) in [5.41, 5.74) is 0.691. The van der Waals surface area contributed by atoms with Crippen molar-refractivity contribution in [1.82, 2.24) is 0 Å². The van der Waals surface area contributed by atoms with Gasteiger partial charge in [0.1, 0.15) is 0 Å². The molecule has 0 spiro atoms. The standard InChI is InChI=1S/C10H8BrCl2NO/c11-6-4-9(15)14(5-6)8-3-1-2-7(12)10(8)13/h1-3,6H,4-5H2. The smallest absolute Gasteiger partial charge is 0.228 e. The molecule has 1 aliphatic rings. The van der Waals surface area contributed by atoms with E-state index in [4.69, 9.17) is 23.2 Å². The van der Waals surface area contributed by atoms with Crippen LogP contribution in [0, 0.1) is 0 Å². The van der Waals surface area contributed by atoms with Crippen LogP contribution in [-0.2, 0) is 4.79 Å². The molecule has 0 radical (unpaired) electrons. The van der Waals surface area contributed by atoms with Crippen molar-refractivity contribution in [2.45, 2.75) is 11.2 Å². The minimum Gasteiger partial charge on any atom is -0.310 e. The van der Waals surface area contributed by atoms with Crippen molar-refractivity contribution in [3.63, 3.8) is 0 Å². The molecule has 1 unspecified atom stereocenters. The zero-order valence-electron chi connectivity index (χ0n) is 7.71. The van der Waals surface area contributed by atoms with E-state index in [0.29, 0.717) is 28.7 Å². The third-order valence-corrected chi connectivity index (χ3v) is 3.72. The number of hydrogen-bond donors (Lipinski definition) is 0. The van der Waals surface area contributed by atoms with Gasteiger partial charge in [0.15, 0.2) is 0 Å². The lowest BCUT2D eigenvalue weighted by molar-refractivity contribution is -0.117. The van der Waals surface area contributed by atoms with Gasteiger partial charge in [0.25, 0.3) is 0 Å². The van der Waals surface area contributed by atoms with E-state index in [1.807, 2.05) is 0 Å². The fourth-order valence-electron chi connectivity index (χ4n) is 1.60. The number of carbonyl (C=O) groups excluding carboxylic acids is 1. The third-order valence-electron chi connectivity index (χ3n) is 2.30. The largest absolute Gasteiger partial charge is 0.310 e. The van der Waals surface area contributed by atoms with Crippen LogP contribution in [0.1, 0.15) is 6.42 Å². The first-order valence-corrected chi connectivity index (χ1v) is 6.15.